The highest BCUT2D eigenvalue weighted by molar-refractivity contribution is 7.13. The van der Waals surface area contributed by atoms with E-state index < -0.39 is 0 Å². The van der Waals surface area contributed by atoms with Gasteiger partial charge in [-0.05, 0) is 39.0 Å². The second-order valence-electron chi connectivity index (χ2n) is 7.60. The van der Waals surface area contributed by atoms with Crippen molar-refractivity contribution in [3.8, 4) is 10.6 Å². The summed E-state index contributed by atoms with van der Waals surface area (Å²) >= 11 is 7.66. The fourth-order valence-electron chi connectivity index (χ4n) is 2.70. The van der Waals surface area contributed by atoms with Crippen molar-refractivity contribution in [2.75, 3.05) is 5.32 Å². The molecule has 29 heavy (non-hydrogen) atoms. The molecule has 0 fully saturated rings. The lowest BCUT2D eigenvalue weighted by molar-refractivity contribution is -0.115. The maximum absolute atomic E-state index is 12.6. The number of nitrogens with zero attached hydrogens (tertiary/aromatic N) is 1. The quantitative estimate of drug-likeness (QED) is 0.589. The third kappa shape index (κ3) is 5.65. The molecule has 7 heteroatoms. The summed E-state index contributed by atoms with van der Waals surface area (Å²) < 4.78 is 0. The van der Waals surface area contributed by atoms with Crippen molar-refractivity contribution >= 4 is 40.4 Å². The van der Waals surface area contributed by atoms with E-state index in [0.717, 1.165) is 10.6 Å². The van der Waals surface area contributed by atoms with Gasteiger partial charge >= 0.3 is 0 Å². The van der Waals surface area contributed by atoms with E-state index in [1.54, 1.807) is 24.3 Å². The topological polar surface area (TPSA) is 71.1 Å². The zero-order chi connectivity index (χ0) is 21.0. The zero-order valence-corrected chi connectivity index (χ0v) is 18.0. The molecule has 2 aromatic carbocycles. The predicted molar refractivity (Wildman–Crippen MR) is 119 cm³/mol. The number of para-hydroxylation sites is 1. The molecule has 3 rings (SSSR count). The van der Waals surface area contributed by atoms with Gasteiger partial charge in [0.05, 0.1) is 28.4 Å². The van der Waals surface area contributed by atoms with E-state index in [2.05, 4.69) is 15.6 Å². The lowest BCUT2D eigenvalue weighted by Crippen LogP contribution is -2.40. The molecule has 0 aliphatic carbocycles. The van der Waals surface area contributed by atoms with E-state index in [4.69, 9.17) is 11.6 Å². The van der Waals surface area contributed by atoms with E-state index in [1.165, 1.54) is 11.3 Å². The highest BCUT2D eigenvalue weighted by atomic mass is 35.5. The van der Waals surface area contributed by atoms with Gasteiger partial charge in [-0.15, -0.1) is 11.3 Å². The number of anilines is 1. The third-order valence-corrected chi connectivity index (χ3v) is 5.19. The number of aromatic nitrogens is 1. The van der Waals surface area contributed by atoms with Crippen LogP contribution in [0.15, 0.2) is 53.9 Å². The molecule has 0 unspecified atom stereocenters. The first-order valence-electron chi connectivity index (χ1n) is 9.13. The monoisotopic (exact) mass is 427 g/mol. The molecule has 0 spiro atoms. The lowest BCUT2D eigenvalue weighted by atomic mass is 10.1. The van der Waals surface area contributed by atoms with Crippen LogP contribution in [0.3, 0.4) is 0 Å². The molecule has 0 bridgehead atoms. The number of benzene rings is 2. The smallest absolute Gasteiger partial charge is 0.253 e. The summed E-state index contributed by atoms with van der Waals surface area (Å²) in [5.41, 5.74) is 2.02. The van der Waals surface area contributed by atoms with Crippen molar-refractivity contribution < 1.29 is 9.59 Å². The molecule has 0 aliphatic rings. The van der Waals surface area contributed by atoms with Crippen LogP contribution in [0.4, 0.5) is 5.69 Å². The number of amides is 2. The molecule has 1 heterocycles. The highest BCUT2D eigenvalue weighted by Gasteiger charge is 2.19. The van der Waals surface area contributed by atoms with Crippen LogP contribution in [0, 0.1) is 0 Å². The Morgan fingerprint density at radius 3 is 2.48 bits per heavy atom. The van der Waals surface area contributed by atoms with Gasteiger partial charge in [-0.2, -0.15) is 0 Å². The summed E-state index contributed by atoms with van der Waals surface area (Å²) in [6, 6.07) is 14.4. The van der Waals surface area contributed by atoms with Crippen LogP contribution in [0.25, 0.3) is 10.6 Å². The Morgan fingerprint density at radius 2 is 1.76 bits per heavy atom. The molecule has 3 aromatic rings. The number of hydrogen-bond donors (Lipinski definition) is 2. The third-order valence-electron chi connectivity index (χ3n) is 3.93. The van der Waals surface area contributed by atoms with Gasteiger partial charge in [-0.1, -0.05) is 41.9 Å². The van der Waals surface area contributed by atoms with Crippen LogP contribution >= 0.6 is 22.9 Å². The van der Waals surface area contributed by atoms with Gasteiger partial charge in [0.2, 0.25) is 5.91 Å². The summed E-state index contributed by atoms with van der Waals surface area (Å²) in [4.78, 5) is 29.6. The van der Waals surface area contributed by atoms with Crippen molar-refractivity contribution in [2.45, 2.75) is 32.7 Å². The first-order chi connectivity index (χ1) is 13.7. The first-order valence-corrected chi connectivity index (χ1v) is 10.4. The molecule has 2 amide bonds. The van der Waals surface area contributed by atoms with E-state index in [0.29, 0.717) is 22.0 Å². The van der Waals surface area contributed by atoms with E-state index >= 15 is 0 Å². The molecule has 0 aliphatic heterocycles. The minimum Gasteiger partial charge on any atom is -0.347 e. The summed E-state index contributed by atoms with van der Waals surface area (Å²) in [6.45, 7) is 5.72. The van der Waals surface area contributed by atoms with Gasteiger partial charge in [0.1, 0.15) is 5.01 Å². The minimum atomic E-state index is -0.371. The van der Waals surface area contributed by atoms with Crippen LogP contribution < -0.4 is 10.6 Å². The molecule has 150 valence electrons. The molecule has 2 N–H and O–H groups in total. The number of carbonyl (C=O) groups excluding carboxylic acids is 2. The van der Waals surface area contributed by atoms with Crippen molar-refractivity contribution in [3.05, 3.63) is 70.2 Å². The van der Waals surface area contributed by atoms with Crippen LogP contribution in [0.5, 0.6) is 0 Å². The molecular weight excluding hydrogens is 406 g/mol. The Labute approximate surface area is 179 Å². The normalized spacial score (nSPS) is 11.2. The summed E-state index contributed by atoms with van der Waals surface area (Å²) in [7, 11) is 0. The number of carbonyl (C=O) groups is 2. The summed E-state index contributed by atoms with van der Waals surface area (Å²) in [5, 5.41) is 8.97. The number of rotatable bonds is 5. The fraction of sp³-hybridized carbons (Fsp3) is 0.227. The summed E-state index contributed by atoms with van der Waals surface area (Å²) in [5.74, 6) is -0.472. The van der Waals surface area contributed by atoms with Crippen LogP contribution in [-0.4, -0.2) is 22.3 Å². The van der Waals surface area contributed by atoms with Gasteiger partial charge in [-0.3, -0.25) is 9.59 Å². The van der Waals surface area contributed by atoms with Gasteiger partial charge in [-0.25, -0.2) is 4.98 Å². The van der Waals surface area contributed by atoms with Gasteiger partial charge < -0.3 is 10.6 Å². The zero-order valence-electron chi connectivity index (χ0n) is 16.5. The molecule has 1 aromatic heterocycles. The Hall–Kier alpha value is -2.70. The van der Waals surface area contributed by atoms with Crippen molar-refractivity contribution in [1.29, 1.82) is 0 Å². The van der Waals surface area contributed by atoms with Crippen LogP contribution in [-0.2, 0) is 11.2 Å². The Morgan fingerprint density at radius 1 is 1.07 bits per heavy atom. The highest BCUT2D eigenvalue weighted by Crippen LogP contribution is 2.30. The van der Waals surface area contributed by atoms with E-state index in [-0.39, 0.29) is 23.8 Å². The van der Waals surface area contributed by atoms with Gasteiger partial charge in [0, 0.05) is 16.5 Å². The molecule has 0 radical (unpaired) electrons. The lowest BCUT2D eigenvalue weighted by Gasteiger charge is -2.21. The number of hydrogen-bond acceptors (Lipinski definition) is 4. The standard InChI is InChI=1S/C22H22ClN3O2S/c1-22(2,3)26-20(28)16-9-5-7-11-18(16)25-19(27)12-14-13-29-21(24-14)15-8-4-6-10-17(15)23/h4-11,13H,12H2,1-3H3,(H,25,27)(H,26,28). The average molecular weight is 428 g/mol. The average Bonchev–Trinajstić information content (AvgIpc) is 3.09. The predicted octanol–water partition coefficient (Wildman–Crippen LogP) is 5.17. The summed E-state index contributed by atoms with van der Waals surface area (Å²) in [6.07, 6.45) is 0.107. The Balaban J connectivity index is 1.71. The number of thiazole rings is 1. The van der Waals surface area contributed by atoms with Gasteiger partial charge in [0.15, 0.2) is 0 Å². The Bertz CT molecular complexity index is 1040. The van der Waals surface area contributed by atoms with Crippen LogP contribution in [0.2, 0.25) is 5.02 Å². The molecule has 0 atom stereocenters. The first kappa shape index (κ1) is 21.0. The maximum Gasteiger partial charge on any atom is 0.253 e. The number of nitrogens with one attached hydrogen (secondary N) is 2. The van der Waals surface area contributed by atoms with Crippen molar-refractivity contribution in [2.24, 2.45) is 0 Å². The van der Waals surface area contributed by atoms with Crippen molar-refractivity contribution in [3.63, 3.8) is 0 Å². The van der Waals surface area contributed by atoms with Crippen LogP contribution in [0.1, 0.15) is 36.8 Å². The second-order valence-corrected chi connectivity index (χ2v) is 8.86. The minimum absolute atomic E-state index is 0.107. The number of halogens is 1. The second kappa shape index (κ2) is 8.76. The van der Waals surface area contributed by atoms with E-state index in [9.17, 15) is 9.59 Å². The SMILES string of the molecule is CC(C)(C)NC(=O)c1ccccc1NC(=O)Cc1csc(-c2ccccc2Cl)n1. The molecule has 0 saturated carbocycles. The largest absolute Gasteiger partial charge is 0.347 e. The van der Waals surface area contributed by atoms with Gasteiger partial charge in [0.25, 0.3) is 5.91 Å². The van der Waals surface area contributed by atoms with E-state index in [1.807, 2.05) is 50.4 Å². The fourth-order valence-corrected chi connectivity index (χ4v) is 3.84. The molecule has 5 nitrogen and oxygen atoms in total. The van der Waals surface area contributed by atoms with Crippen molar-refractivity contribution in [1.82, 2.24) is 10.3 Å². The molecule has 0 saturated heterocycles. The molecular formula is C22H22ClN3O2S. The maximum atomic E-state index is 12.6. The Kier molecular flexibility index (Phi) is 6.35.